The maximum atomic E-state index is 12.9. The van der Waals surface area contributed by atoms with Gasteiger partial charge in [-0.3, -0.25) is 0 Å². The molecule has 0 aliphatic heterocycles. The van der Waals surface area contributed by atoms with Crippen molar-refractivity contribution in [1.29, 1.82) is 0 Å². The van der Waals surface area contributed by atoms with Gasteiger partial charge in [0.15, 0.2) is 0 Å². The van der Waals surface area contributed by atoms with E-state index >= 15 is 0 Å². The number of aryl methyl sites for hydroxylation is 2. The van der Waals surface area contributed by atoms with Crippen LogP contribution in [0.5, 0.6) is 0 Å². The summed E-state index contributed by atoms with van der Waals surface area (Å²) in [5.74, 6) is -0.497. The van der Waals surface area contributed by atoms with Crippen molar-refractivity contribution in [2.24, 2.45) is 0 Å². The van der Waals surface area contributed by atoms with E-state index in [-0.39, 0.29) is 6.61 Å². The molecular weight excluding hydrogens is 380 g/mol. The van der Waals surface area contributed by atoms with Crippen molar-refractivity contribution in [1.82, 2.24) is 5.32 Å². The van der Waals surface area contributed by atoms with Gasteiger partial charge in [0.2, 0.25) is 0 Å². The molecule has 158 valence electrons. The van der Waals surface area contributed by atoms with Crippen LogP contribution in [0.25, 0.3) is 0 Å². The average molecular weight is 408 g/mol. The summed E-state index contributed by atoms with van der Waals surface area (Å²) in [5, 5.41) is 15.2. The number of aliphatic hydroxyl groups is 1. The molecular formula is C24H28N2O4. The Kier molecular flexibility index (Phi) is 6.04. The molecule has 1 unspecified atom stereocenters. The number of ether oxygens (including phenoxy) is 1. The number of anilines is 1. The molecule has 2 aromatic rings. The predicted molar refractivity (Wildman–Crippen MR) is 115 cm³/mol. The van der Waals surface area contributed by atoms with Crippen LogP contribution in [0, 0.1) is 0 Å². The van der Waals surface area contributed by atoms with Gasteiger partial charge in [-0.05, 0) is 71.9 Å². The van der Waals surface area contributed by atoms with Crippen LogP contribution >= 0.6 is 0 Å². The summed E-state index contributed by atoms with van der Waals surface area (Å²) in [6, 6.07) is 8.45. The lowest BCUT2D eigenvalue weighted by Gasteiger charge is -2.20. The van der Waals surface area contributed by atoms with Gasteiger partial charge >= 0.3 is 12.0 Å². The lowest BCUT2D eigenvalue weighted by atomic mass is 9.99. The van der Waals surface area contributed by atoms with Gasteiger partial charge in [0.1, 0.15) is 6.04 Å². The number of benzene rings is 2. The zero-order valence-corrected chi connectivity index (χ0v) is 17.3. The standard InChI is InChI=1S/C24H28N2O4/c1-30-23(28)21(12-15-5-2-6-16(11-15)14-27)25-24(29)26-22-19-9-3-7-17(19)13-18-8-4-10-20(18)22/h2,5-6,11,13,21,27H,3-4,7-10,12,14H2,1H3,(H2,25,26,29). The number of urea groups is 1. The number of esters is 1. The summed E-state index contributed by atoms with van der Waals surface area (Å²) in [6.07, 6.45) is 6.59. The number of rotatable bonds is 6. The molecule has 0 heterocycles. The van der Waals surface area contributed by atoms with Crippen LogP contribution in [-0.4, -0.2) is 30.3 Å². The average Bonchev–Trinajstić information content (AvgIpc) is 3.42. The van der Waals surface area contributed by atoms with Crippen molar-refractivity contribution in [3.05, 3.63) is 63.7 Å². The lowest BCUT2D eigenvalue weighted by molar-refractivity contribution is -0.142. The molecule has 0 spiro atoms. The number of aliphatic hydroxyl groups excluding tert-OH is 1. The van der Waals surface area contributed by atoms with Crippen molar-refractivity contribution in [2.45, 2.75) is 57.6 Å². The second kappa shape index (κ2) is 8.88. The highest BCUT2D eigenvalue weighted by Crippen LogP contribution is 2.38. The van der Waals surface area contributed by atoms with E-state index in [2.05, 4.69) is 16.7 Å². The van der Waals surface area contributed by atoms with E-state index in [4.69, 9.17) is 4.74 Å². The summed E-state index contributed by atoms with van der Waals surface area (Å²) in [7, 11) is 1.32. The molecule has 0 saturated heterocycles. The normalized spacial score (nSPS) is 15.3. The van der Waals surface area contributed by atoms with Gasteiger partial charge in [0.05, 0.1) is 13.7 Å². The van der Waals surface area contributed by atoms with Crippen LogP contribution in [0.4, 0.5) is 10.5 Å². The highest BCUT2D eigenvalue weighted by Gasteiger charge is 2.27. The Balaban J connectivity index is 1.52. The van der Waals surface area contributed by atoms with E-state index in [0.29, 0.717) is 6.42 Å². The lowest BCUT2D eigenvalue weighted by Crippen LogP contribution is -2.45. The maximum Gasteiger partial charge on any atom is 0.328 e. The molecule has 0 bridgehead atoms. The van der Waals surface area contributed by atoms with E-state index in [1.807, 2.05) is 24.3 Å². The summed E-state index contributed by atoms with van der Waals surface area (Å²) in [4.78, 5) is 25.2. The molecule has 6 heteroatoms. The smallest absolute Gasteiger partial charge is 0.328 e. The minimum atomic E-state index is -0.811. The van der Waals surface area contributed by atoms with Crippen LogP contribution in [0.2, 0.25) is 0 Å². The second-order valence-electron chi connectivity index (χ2n) is 8.09. The zero-order chi connectivity index (χ0) is 21.1. The Morgan fingerprint density at radius 2 is 1.70 bits per heavy atom. The highest BCUT2D eigenvalue weighted by molar-refractivity contribution is 5.94. The fourth-order valence-electron chi connectivity index (χ4n) is 4.70. The molecule has 2 aromatic carbocycles. The fraction of sp³-hybridized carbons (Fsp3) is 0.417. The first kappa shape index (κ1) is 20.4. The molecule has 0 aromatic heterocycles. The molecule has 30 heavy (non-hydrogen) atoms. The van der Waals surface area contributed by atoms with Crippen LogP contribution in [-0.2, 0) is 48.2 Å². The fourth-order valence-corrected chi connectivity index (χ4v) is 4.70. The Morgan fingerprint density at radius 3 is 2.33 bits per heavy atom. The van der Waals surface area contributed by atoms with Gasteiger partial charge in [-0.15, -0.1) is 0 Å². The molecule has 2 amide bonds. The van der Waals surface area contributed by atoms with Gasteiger partial charge in [0.25, 0.3) is 0 Å². The molecule has 1 atom stereocenters. The Labute approximate surface area is 176 Å². The number of methoxy groups -OCH3 is 1. The number of nitrogens with one attached hydrogen (secondary N) is 2. The molecule has 2 aliphatic carbocycles. The molecule has 0 fully saturated rings. The summed E-state index contributed by atoms with van der Waals surface area (Å²) in [5.41, 5.74) is 7.73. The van der Waals surface area contributed by atoms with E-state index in [0.717, 1.165) is 55.3 Å². The van der Waals surface area contributed by atoms with Crippen molar-refractivity contribution in [3.63, 3.8) is 0 Å². The number of carbonyl (C=O) groups excluding carboxylic acids is 2. The van der Waals surface area contributed by atoms with Gasteiger partial charge in [-0.2, -0.15) is 0 Å². The van der Waals surface area contributed by atoms with Crippen LogP contribution < -0.4 is 10.6 Å². The first-order valence-electron chi connectivity index (χ1n) is 10.6. The summed E-state index contributed by atoms with van der Waals surface area (Å²) < 4.78 is 4.91. The third-order valence-corrected chi connectivity index (χ3v) is 6.12. The van der Waals surface area contributed by atoms with E-state index in [9.17, 15) is 14.7 Å². The molecule has 3 N–H and O–H groups in total. The van der Waals surface area contributed by atoms with Crippen LogP contribution in [0.3, 0.4) is 0 Å². The van der Waals surface area contributed by atoms with Crippen molar-refractivity contribution in [2.75, 3.05) is 12.4 Å². The third kappa shape index (κ3) is 4.19. The highest BCUT2D eigenvalue weighted by atomic mass is 16.5. The molecule has 0 radical (unpaired) electrons. The minimum absolute atomic E-state index is 0.0745. The quantitative estimate of drug-likeness (QED) is 0.641. The van der Waals surface area contributed by atoms with E-state index in [1.165, 1.54) is 29.4 Å². The molecule has 0 saturated carbocycles. The number of fused-ring (bicyclic) bond motifs is 2. The number of amides is 2. The SMILES string of the molecule is COC(=O)C(Cc1cccc(CO)c1)NC(=O)Nc1c2c(cc3c1CCC3)CCC2. The van der Waals surface area contributed by atoms with Crippen molar-refractivity contribution in [3.8, 4) is 0 Å². The topological polar surface area (TPSA) is 87.7 Å². The van der Waals surface area contributed by atoms with Crippen LogP contribution in [0.1, 0.15) is 46.2 Å². The first-order valence-corrected chi connectivity index (χ1v) is 10.6. The van der Waals surface area contributed by atoms with Crippen molar-refractivity contribution >= 4 is 17.7 Å². The predicted octanol–water partition coefficient (Wildman–Crippen LogP) is 3.06. The van der Waals surface area contributed by atoms with Gasteiger partial charge < -0.3 is 20.5 Å². The van der Waals surface area contributed by atoms with Crippen molar-refractivity contribution < 1.29 is 19.4 Å². The van der Waals surface area contributed by atoms with E-state index < -0.39 is 18.0 Å². The molecule has 4 rings (SSSR count). The minimum Gasteiger partial charge on any atom is -0.467 e. The second-order valence-corrected chi connectivity index (χ2v) is 8.09. The van der Waals surface area contributed by atoms with E-state index in [1.54, 1.807) is 0 Å². The van der Waals surface area contributed by atoms with Crippen LogP contribution in [0.15, 0.2) is 30.3 Å². The Hall–Kier alpha value is -2.86. The number of carbonyl (C=O) groups is 2. The monoisotopic (exact) mass is 408 g/mol. The number of hydrogen-bond donors (Lipinski definition) is 3. The summed E-state index contributed by atoms with van der Waals surface area (Å²) >= 11 is 0. The van der Waals surface area contributed by atoms with Gasteiger partial charge in [0, 0.05) is 12.1 Å². The third-order valence-electron chi connectivity index (χ3n) is 6.12. The summed E-state index contributed by atoms with van der Waals surface area (Å²) in [6.45, 7) is -0.0745. The molecule has 2 aliphatic rings. The first-order chi connectivity index (χ1) is 14.6. The molecule has 6 nitrogen and oxygen atoms in total. The largest absolute Gasteiger partial charge is 0.467 e. The van der Waals surface area contributed by atoms with Gasteiger partial charge in [-0.25, -0.2) is 9.59 Å². The Morgan fingerprint density at radius 1 is 1.03 bits per heavy atom. The maximum absolute atomic E-state index is 12.9. The number of hydrogen-bond acceptors (Lipinski definition) is 4. The van der Waals surface area contributed by atoms with Gasteiger partial charge in [-0.1, -0.05) is 30.3 Å². The zero-order valence-electron chi connectivity index (χ0n) is 17.3. The Bertz CT molecular complexity index is 938.